The van der Waals surface area contributed by atoms with Crippen LogP contribution in [0.3, 0.4) is 0 Å². The van der Waals surface area contributed by atoms with Gasteiger partial charge in [0.1, 0.15) is 27.6 Å². The Morgan fingerprint density at radius 3 is 2.80 bits per heavy atom. The van der Waals surface area contributed by atoms with Crippen LogP contribution in [0.2, 0.25) is 0 Å². The van der Waals surface area contributed by atoms with Crippen molar-refractivity contribution in [1.29, 1.82) is 5.26 Å². The van der Waals surface area contributed by atoms with Gasteiger partial charge in [-0.05, 0) is 37.3 Å². The summed E-state index contributed by atoms with van der Waals surface area (Å²) in [5.41, 5.74) is 1.71. The summed E-state index contributed by atoms with van der Waals surface area (Å²) in [6.07, 6.45) is 6.72. The smallest absolute Gasteiger partial charge is 0.270 e. The van der Waals surface area contributed by atoms with E-state index in [1.165, 1.54) is 10.8 Å². The monoisotopic (exact) mass is 556 g/mol. The number of amides is 2. The quantitative estimate of drug-likeness (QED) is 0.399. The second kappa shape index (κ2) is 12.7. The number of carbonyl (C=O) groups excluding carboxylic acids is 2. The lowest BCUT2D eigenvalue weighted by Crippen LogP contribution is -2.42. The SMILES string of the molecule is C#CCNC(=O)/C(C#N)=c1\s/c(=C/Nc2cccc(N(C)C(=O)CN3CCOc4ccccc43)c2)c(=O)n1CC. The van der Waals surface area contributed by atoms with Crippen LogP contribution in [-0.4, -0.2) is 49.7 Å². The Bertz CT molecular complexity index is 1690. The molecule has 0 spiro atoms. The van der Waals surface area contributed by atoms with Crippen LogP contribution < -0.4 is 39.9 Å². The van der Waals surface area contributed by atoms with Crippen molar-refractivity contribution in [3.8, 4) is 24.2 Å². The molecule has 204 valence electrons. The summed E-state index contributed by atoms with van der Waals surface area (Å²) in [5.74, 6) is 2.33. The summed E-state index contributed by atoms with van der Waals surface area (Å²) in [4.78, 5) is 42.1. The summed E-state index contributed by atoms with van der Waals surface area (Å²) < 4.78 is 7.63. The van der Waals surface area contributed by atoms with Gasteiger partial charge in [-0.1, -0.05) is 24.1 Å². The van der Waals surface area contributed by atoms with Crippen LogP contribution in [0.5, 0.6) is 5.75 Å². The van der Waals surface area contributed by atoms with Crippen LogP contribution in [0.1, 0.15) is 6.92 Å². The summed E-state index contributed by atoms with van der Waals surface area (Å²) in [5, 5.41) is 15.2. The van der Waals surface area contributed by atoms with Crippen LogP contribution >= 0.6 is 11.3 Å². The van der Waals surface area contributed by atoms with Crippen LogP contribution in [0.15, 0.2) is 53.3 Å². The lowest BCUT2D eigenvalue weighted by atomic mass is 10.2. The molecule has 1 aliphatic heterocycles. The fourth-order valence-corrected chi connectivity index (χ4v) is 5.25. The Hall–Kier alpha value is -5.00. The predicted octanol–water partition coefficient (Wildman–Crippen LogP) is 1.07. The molecule has 2 aromatic carbocycles. The standard InChI is InChI=1S/C29H28N6O4S/c1-4-13-31-27(37)22(17-30)29-35(5-2)28(38)25(40-29)18-32-20-9-8-10-21(16-20)33(3)26(36)19-34-14-15-39-24-12-7-6-11-23(24)34/h1,6-12,16,18,32H,5,13-15,19H2,2-3H3,(H,31,37)/b25-18+,29-22-. The molecule has 0 saturated heterocycles. The number of para-hydroxylation sites is 2. The molecular formula is C29H28N6O4S. The molecule has 10 nitrogen and oxygen atoms in total. The number of fused-ring (bicyclic) bond motifs is 1. The first-order valence-corrected chi connectivity index (χ1v) is 13.3. The molecule has 0 unspecified atom stereocenters. The molecule has 2 N–H and O–H groups in total. The number of aromatic nitrogens is 1. The zero-order valence-corrected chi connectivity index (χ0v) is 23.0. The van der Waals surface area contributed by atoms with Crippen LogP contribution in [-0.2, 0) is 16.1 Å². The van der Waals surface area contributed by atoms with Gasteiger partial charge in [0.05, 0.1) is 25.3 Å². The first-order chi connectivity index (χ1) is 19.4. The van der Waals surface area contributed by atoms with Crippen LogP contribution in [0, 0.1) is 23.7 Å². The average Bonchev–Trinajstić information content (AvgIpc) is 3.29. The summed E-state index contributed by atoms with van der Waals surface area (Å²) in [6.45, 7) is 3.33. The Labute approximate surface area is 235 Å². The fraction of sp³-hybridized carbons (Fsp3) is 0.241. The maximum Gasteiger partial charge on any atom is 0.270 e. The number of terminal acetylenes is 1. The first-order valence-electron chi connectivity index (χ1n) is 12.5. The molecule has 2 heterocycles. The molecule has 0 aliphatic carbocycles. The Balaban J connectivity index is 1.55. The Morgan fingerprint density at radius 1 is 1.25 bits per heavy atom. The fourth-order valence-electron chi connectivity index (χ4n) is 4.17. The summed E-state index contributed by atoms with van der Waals surface area (Å²) in [6, 6.07) is 16.8. The Kier molecular flexibility index (Phi) is 8.89. The number of ether oxygens (including phenoxy) is 1. The largest absolute Gasteiger partial charge is 0.490 e. The van der Waals surface area contributed by atoms with E-state index in [4.69, 9.17) is 11.2 Å². The van der Waals surface area contributed by atoms with Gasteiger partial charge >= 0.3 is 0 Å². The number of rotatable bonds is 8. The van der Waals surface area contributed by atoms with E-state index in [9.17, 15) is 19.6 Å². The van der Waals surface area contributed by atoms with Crippen molar-refractivity contribution in [2.24, 2.45) is 0 Å². The number of likely N-dealkylation sites (N-methyl/N-ethyl adjacent to an activating group) is 1. The second-order valence-corrected chi connectivity index (χ2v) is 9.75. The molecule has 2 amide bonds. The topological polar surface area (TPSA) is 120 Å². The van der Waals surface area contributed by atoms with Gasteiger partial charge in [-0.3, -0.25) is 19.0 Å². The second-order valence-electron chi connectivity index (χ2n) is 8.72. The lowest BCUT2D eigenvalue weighted by Gasteiger charge is -2.32. The number of anilines is 3. The number of thiazole rings is 1. The van der Waals surface area contributed by atoms with Gasteiger partial charge in [-0.25, -0.2) is 0 Å². The molecule has 4 rings (SSSR count). The van der Waals surface area contributed by atoms with E-state index in [1.807, 2.05) is 47.4 Å². The number of carbonyl (C=O) groups is 2. The molecule has 40 heavy (non-hydrogen) atoms. The van der Waals surface area contributed by atoms with Gasteiger partial charge in [0.15, 0.2) is 5.57 Å². The van der Waals surface area contributed by atoms with Crippen molar-refractivity contribution in [3.63, 3.8) is 0 Å². The number of nitrogens with zero attached hydrogens (tertiary/aromatic N) is 4. The highest BCUT2D eigenvalue weighted by Gasteiger charge is 2.22. The third kappa shape index (κ3) is 6.01. The summed E-state index contributed by atoms with van der Waals surface area (Å²) >= 11 is 1.03. The molecule has 0 atom stereocenters. The highest BCUT2D eigenvalue weighted by Crippen LogP contribution is 2.31. The van der Waals surface area contributed by atoms with Gasteiger partial charge < -0.3 is 25.2 Å². The van der Waals surface area contributed by atoms with Crippen molar-refractivity contribution in [2.75, 3.05) is 48.4 Å². The zero-order chi connectivity index (χ0) is 28.6. The van der Waals surface area contributed by atoms with E-state index in [-0.39, 0.29) is 41.3 Å². The van der Waals surface area contributed by atoms with E-state index in [0.717, 1.165) is 22.8 Å². The molecule has 1 aliphatic rings. The maximum absolute atomic E-state index is 13.1. The van der Waals surface area contributed by atoms with E-state index in [0.29, 0.717) is 29.1 Å². The molecule has 0 radical (unpaired) electrons. The van der Waals surface area contributed by atoms with Gasteiger partial charge in [-0.15, -0.1) is 17.8 Å². The van der Waals surface area contributed by atoms with Gasteiger partial charge in [0, 0.05) is 31.2 Å². The predicted molar refractivity (Wildman–Crippen MR) is 156 cm³/mol. The van der Waals surface area contributed by atoms with Gasteiger partial charge in [0.2, 0.25) is 5.91 Å². The highest BCUT2D eigenvalue weighted by atomic mass is 32.1. The van der Waals surface area contributed by atoms with Crippen molar-refractivity contribution in [1.82, 2.24) is 9.88 Å². The van der Waals surface area contributed by atoms with Crippen molar-refractivity contribution >= 4 is 52.0 Å². The summed E-state index contributed by atoms with van der Waals surface area (Å²) in [7, 11) is 1.72. The number of benzene rings is 2. The van der Waals surface area contributed by atoms with Crippen molar-refractivity contribution < 1.29 is 14.3 Å². The third-order valence-corrected chi connectivity index (χ3v) is 7.39. The minimum Gasteiger partial charge on any atom is -0.490 e. The van der Waals surface area contributed by atoms with Crippen LogP contribution in [0.4, 0.5) is 17.1 Å². The molecule has 0 bridgehead atoms. The van der Waals surface area contributed by atoms with Crippen molar-refractivity contribution in [2.45, 2.75) is 13.5 Å². The van der Waals surface area contributed by atoms with E-state index in [2.05, 4.69) is 16.6 Å². The molecule has 1 aromatic heterocycles. The van der Waals surface area contributed by atoms with E-state index < -0.39 is 5.91 Å². The highest BCUT2D eigenvalue weighted by molar-refractivity contribution is 7.07. The minimum absolute atomic E-state index is 0.0285. The molecule has 0 fully saturated rings. The Morgan fingerprint density at radius 2 is 2.05 bits per heavy atom. The van der Waals surface area contributed by atoms with Gasteiger partial charge in [-0.2, -0.15) is 5.26 Å². The number of hydrogen-bond acceptors (Lipinski definition) is 8. The van der Waals surface area contributed by atoms with Crippen molar-refractivity contribution in [3.05, 3.63) is 68.1 Å². The molecular weight excluding hydrogens is 528 g/mol. The molecule has 11 heteroatoms. The first kappa shape index (κ1) is 28.0. The van der Waals surface area contributed by atoms with E-state index >= 15 is 0 Å². The number of nitriles is 1. The molecule has 3 aromatic rings. The molecule has 0 saturated carbocycles. The number of nitrogens with one attached hydrogen (secondary N) is 2. The lowest BCUT2D eigenvalue weighted by molar-refractivity contribution is -0.117. The zero-order valence-electron chi connectivity index (χ0n) is 22.1. The van der Waals surface area contributed by atoms with Gasteiger partial charge in [0.25, 0.3) is 11.5 Å². The van der Waals surface area contributed by atoms with Crippen LogP contribution in [0.25, 0.3) is 11.8 Å². The van der Waals surface area contributed by atoms with E-state index in [1.54, 1.807) is 31.0 Å². The average molecular weight is 557 g/mol. The third-order valence-electron chi connectivity index (χ3n) is 6.26. The maximum atomic E-state index is 13.1. The normalized spacial score (nSPS) is 13.3. The minimum atomic E-state index is -0.635. The number of hydrogen-bond donors (Lipinski definition) is 2.